The summed E-state index contributed by atoms with van der Waals surface area (Å²) in [4.78, 5) is 24.6. The van der Waals surface area contributed by atoms with Crippen LogP contribution < -0.4 is 0 Å². The smallest absolute Gasteiger partial charge is 0.196 e. The van der Waals surface area contributed by atoms with Crippen molar-refractivity contribution in [3.05, 3.63) is 148 Å². The van der Waals surface area contributed by atoms with E-state index in [1.54, 1.807) is 35.9 Å². The summed E-state index contributed by atoms with van der Waals surface area (Å²) in [5.41, 5.74) is 7.36. The van der Waals surface area contributed by atoms with E-state index >= 15 is 0 Å². The zero-order valence-electron chi connectivity index (χ0n) is 30.2. The molecular weight excluding hydrogens is 806 g/mol. The van der Waals surface area contributed by atoms with E-state index in [0.717, 1.165) is 40.7 Å². The quantitative estimate of drug-likeness (QED) is 0.113. The van der Waals surface area contributed by atoms with Gasteiger partial charge in [-0.05, 0) is 90.7 Å². The zero-order chi connectivity index (χ0) is 37.9. The topological polar surface area (TPSA) is 55.4 Å². The van der Waals surface area contributed by atoms with Gasteiger partial charge in [-0.15, -0.1) is 22.7 Å². The lowest BCUT2D eigenvalue weighted by atomic mass is 9.81. The van der Waals surface area contributed by atoms with Gasteiger partial charge in [0.25, 0.3) is 0 Å². The molecule has 2 aliphatic carbocycles. The second kappa shape index (κ2) is 17.2. The third kappa shape index (κ3) is 8.20. The van der Waals surface area contributed by atoms with Gasteiger partial charge >= 0.3 is 0 Å². The Balaban J connectivity index is 0.000000155. The summed E-state index contributed by atoms with van der Waals surface area (Å²) < 4.78 is 6.18. The van der Waals surface area contributed by atoms with Gasteiger partial charge in [-0.25, -0.2) is 0 Å². The zero-order valence-corrected chi connectivity index (χ0v) is 34.9. The fraction of sp³-hybridized carbons (Fsp3) is 0.311. The van der Waals surface area contributed by atoms with Crippen molar-refractivity contribution in [2.45, 2.75) is 81.6 Å². The van der Waals surface area contributed by atoms with Crippen molar-refractivity contribution < 1.29 is 9.53 Å². The van der Waals surface area contributed by atoms with E-state index in [2.05, 4.69) is 26.8 Å². The number of hydrogen-bond acceptors (Lipinski definition) is 6. The standard InChI is InChI=1S/C23H21Cl2NOS.C22H19Cl2NOS/c24-17-8-9-18(20(25)11-17)19-13-28-22(15-5-2-1-3-6-15)21(19)23(14-27-23)16-7-4-10-26-12-16;23-16-8-9-17(19(24)11-16)18-13-27-22(14-5-2-1-3-6-14)20(18)21(26)15-7-4-10-25-12-15/h4,7-13,15H,1-3,5-6,14H2;4,7-14H,1-3,5-6H2. The molecule has 1 saturated heterocycles. The molecule has 1 atom stereocenters. The highest BCUT2D eigenvalue weighted by molar-refractivity contribution is 7.11. The third-order valence-corrected chi connectivity index (χ3v) is 14.5. The van der Waals surface area contributed by atoms with Crippen molar-refractivity contribution >= 4 is 74.9 Å². The first kappa shape index (κ1) is 38.8. The van der Waals surface area contributed by atoms with Crippen molar-refractivity contribution in [2.75, 3.05) is 6.61 Å². The van der Waals surface area contributed by atoms with Gasteiger partial charge in [0, 0.05) is 99.1 Å². The predicted octanol–water partition coefficient (Wildman–Crippen LogP) is 14.8. The number of halogens is 4. The van der Waals surface area contributed by atoms with Crippen LogP contribution >= 0.6 is 69.1 Å². The molecule has 282 valence electrons. The Labute approximate surface area is 350 Å². The van der Waals surface area contributed by atoms with Gasteiger partial charge in [-0.1, -0.05) is 103 Å². The number of epoxide rings is 1. The van der Waals surface area contributed by atoms with E-state index in [4.69, 9.17) is 51.1 Å². The molecule has 10 heteroatoms. The fourth-order valence-electron chi connectivity index (χ4n) is 8.31. The molecule has 6 aromatic rings. The first-order chi connectivity index (χ1) is 26.8. The van der Waals surface area contributed by atoms with Crippen molar-refractivity contribution in [3.8, 4) is 22.3 Å². The van der Waals surface area contributed by atoms with Gasteiger partial charge in [-0.3, -0.25) is 14.8 Å². The van der Waals surface area contributed by atoms with Crippen molar-refractivity contribution in [1.29, 1.82) is 0 Å². The van der Waals surface area contributed by atoms with E-state index in [0.29, 0.717) is 44.1 Å². The molecule has 4 aromatic heterocycles. The number of hydrogen-bond donors (Lipinski definition) is 0. The molecule has 1 aliphatic heterocycles. The number of thiophene rings is 2. The summed E-state index contributed by atoms with van der Waals surface area (Å²) in [7, 11) is 0. The van der Waals surface area contributed by atoms with Crippen LogP contribution in [0.15, 0.2) is 96.2 Å². The maximum absolute atomic E-state index is 13.4. The Bertz CT molecular complexity index is 2280. The van der Waals surface area contributed by atoms with Crippen LogP contribution in [0, 0.1) is 0 Å². The van der Waals surface area contributed by atoms with E-state index in [-0.39, 0.29) is 5.78 Å². The van der Waals surface area contributed by atoms with Crippen molar-refractivity contribution in [2.24, 2.45) is 0 Å². The Morgan fingerprint density at radius 2 is 1.20 bits per heavy atom. The van der Waals surface area contributed by atoms with Crippen LogP contribution in [0.5, 0.6) is 0 Å². The predicted molar refractivity (Wildman–Crippen MR) is 230 cm³/mol. The number of aromatic nitrogens is 2. The van der Waals surface area contributed by atoms with Gasteiger partial charge in [-0.2, -0.15) is 0 Å². The van der Waals surface area contributed by atoms with Gasteiger partial charge in [0.1, 0.15) is 5.60 Å². The SMILES string of the molecule is Clc1ccc(-c2csc(C3CCCCC3)c2C2(c3cccnc3)CO2)c(Cl)c1.O=C(c1cccnc1)c1c(-c2ccc(Cl)cc2Cl)csc1C1CCCCC1. The number of ether oxygens (including phenoxy) is 1. The Kier molecular flexibility index (Phi) is 12.1. The number of carbonyl (C=O) groups is 1. The van der Waals surface area contributed by atoms with E-state index in [9.17, 15) is 4.79 Å². The lowest BCUT2D eigenvalue weighted by Gasteiger charge is -2.25. The number of rotatable bonds is 8. The number of carbonyl (C=O) groups excluding carboxylic acids is 1. The van der Waals surface area contributed by atoms with Crippen LogP contribution in [0.2, 0.25) is 20.1 Å². The Hall–Kier alpha value is -3.07. The molecule has 0 radical (unpaired) electrons. The summed E-state index contributed by atoms with van der Waals surface area (Å²) in [6.45, 7) is 0.688. The minimum absolute atomic E-state index is 0.0194. The molecule has 9 rings (SSSR count). The van der Waals surface area contributed by atoms with Crippen molar-refractivity contribution in [3.63, 3.8) is 0 Å². The average Bonchev–Trinajstić information content (AvgIpc) is 3.70. The lowest BCUT2D eigenvalue weighted by molar-refractivity contribution is 0.103. The van der Waals surface area contributed by atoms with Gasteiger partial charge < -0.3 is 4.74 Å². The molecule has 2 aromatic carbocycles. The molecule has 0 spiro atoms. The number of nitrogens with zero attached hydrogens (tertiary/aromatic N) is 2. The highest BCUT2D eigenvalue weighted by atomic mass is 35.5. The largest absolute Gasteiger partial charge is 0.359 e. The van der Waals surface area contributed by atoms with Crippen LogP contribution in [0.1, 0.15) is 113 Å². The molecule has 3 aliphatic rings. The summed E-state index contributed by atoms with van der Waals surface area (Å²) in [5, 5.41) is 6.82. The third-order valence-electron chi connectivity index (χ3n) is 11.1. The van der Waals surface area contributed by atoms with Gasteiger partial charge in [0.2, 0.25) is 0 Å². The second-order valence-electron chi connectivity index (χ2n) is 14.6. The molecule has 0 bridgehead atoms. The normalized spacial score (nSPS) is 18.8. The molecule has 5 heterocycles. The second-order valence-corrected chi connectivity index (χ2v) is 18.1. The van der Waals surface area contributed by atoms with Gasteiger partial charge in [0.05, 0.1) is 6.61 Å². The van der Waals surface area contributed by atoms with Crippen LogP contribution in [-0.4, -0.2) is 22.4 Å². The van der Waals surface area contributed by atoms with E-state index in [1.807, 2.05) is 66.2 Å². The highest BCUT2D eigenvalue weighted by Gasteiger charge is 2.52. The number of benzene rings is 2. The molecule has 2 saturated carbocycles. The fourth-order valence-corrected chi connectivity index (χ4v) is 11.9. The van der Waals surface area contributed by atoms with Crippen LogP contribution in [0.25, 0.3) is 22.3 Å². The maximum Gasteiger partial charge on any atom is 0.196 e. The molecule has 0 N–H and O–H groups in total. The first-order valence-electron chi connectivity index (χ1n) is 19.0. The summed E-state index contributed by atoms with van der Waals surface area (Å²) >= 11 is 28.9. The molecule has 55 heavy (non-hydrogen) atoms. The molecule has 0 amide bonds. The molecule has 1 unspecified atom stereocenters. The Morgan fingerprint density at radius 3 is 1.75 bits per heavy atom. The molecule has 3 fully saturated rings. The molecule has 4 nitrogen and oxygen atoms in total. The number of ketones is 1. The number of pyridine rings is 2. The van der Waals surface area contributed by atoms with Crippen molar-refractivity contribution in [1.82, 2.24) is 9.97 Å². The minimum Gasteiger partial charge on any atom is -0.359 e. The Morgan fingerprint density at radius 1 is 0.655 bits per heavy atom. The average molecular weight is 847 g/mol. The van der Waals surface area contributed by atoms with E-state index < -0.39 is 5.60 Å². The van der Waals surface area contributed by atoms with Crippen LogP contribution in [0.3, 0.4) is 0 Å². The highest BCUT2D eigenvalue weighted by Crippen LogP contribution is 2.55. The lowest BCUT2D eigenvalue weighted by Crippen LogP contribution is -2.16. The monoisotopic (exact) mass is 844 g/mol. The summed E-state index contributed by atoms with van der Waals surface area (Å²) in [6, 6.07) is 18.9. The summed E-state index contributed by atoms with van der Waals surface area (Å²) in [6.07, 6.45) is 19.5. The van der Waals surface area contributed by atoms with Crippen LogP contribution in [-0.2, 0) is 10.3 Å². The maximum atomic E-state index is 13.4. The molecular formula is C45H40Cl4N2O2S2. The van der Waals surface area contributed by atoms with Crippen LogP contribution in [0.4, 0.5) is 0 Å². The minimum atomic E-state index is -0.403. The van der Waals surface area contributed by atoms with E-state index in [1.165, 1.54) is 72.2 Å². The first-order valence-corrected chi connectivity index (χ1v) is 22.2. The van der Waals surface area contributed by atoms with Gasteiger partial charge in [0.15, 0.2) is 5.78 Å². The summed E-state index contributed by atoms with van der Waals surface area (Å²) in [5.74, 6) is 1.07.